The molecule has 0 unspecified atom stereocenters. The van der Waals surface area contributed by atoms with E-state index in [1.807, 2.05) is 6.07 Å². The Morgan fingerprint density at radius 2 is 2.04 bits per heavy atom. The van der Waals surface area contributed by atoms with E-state index in [0.29, 0.717) is 16.9 Å². The number of nitrogens with one attached hydrogen (secondary N) is 1. The monoisotopic (exact) mass is 310 g/mol. The van der Waals surface area contributed by atoms with E-state index in [0.717, 1.165) is 0 Å². The van der Waals surface area contributed by atoms with Gasteiger partial charge in [-0.25, -0.2) is 0 Å². The summed E-state index contributed by atoms with van der Waals surface area (Å²) in [7, 11) is 1.64. The second-order valence-corrected chi connectivity index (χ2v) is 4.85. The van der Waals surface area contributed by atoms with Gasteiger partial charge in [0, 0.05) is 31.4 Å². The molecule has 0 aliphatic rings. The number of nitrogens with zero attached hydrogens (tertiary/aromatic N) is 3. The van der Waals surface area contributed by atoms with E-state index in [1.165, 1.54) is 30.0 Å². The van der Waals surface area contributed by atoms with Crippen molar-refractivity contribution in [2.75, 3.05) is 17.3 Å². The summed E-state index contributed by atoms with van der Waals surface area (Å²) in [6.45, 7) is 1.45. The van der Waals surface area contributed by atoms with Crippen molar-refractivity contribution in [3.8, 4) is 6.07 Å². The summed E-state index contributed by atoms with van der Waals surface area (Å²) in [4.78, 5) is 23.5. The van der Waals surface area contributed by atoms with Gasteiger partial charge < -0.3 is 10.2 Å². The van der Waals surface area contributed by atoms with Crippen LogP contribution < -0.4 is 10.2 Å². The van der Waals surface area contributed by atoms with Crippen LogP contribution in [-0.4, -0.2) is 17.9 Å². The van der Waals surface area contributed by atoms with Gasteiger partial charge in [0.15, 0.2) is 0 Å². The predicted molar refractivity (Wildman–Crippen MR) is 86.6 cm³/mol. The van der Waals surface area contributed by atoms with Gasteiger partial charge in [0.25, 0.3) is 5.69 Å². The lowest BCUT2D eigenvalue weighted by atomic mass is 10.1. The molecule has 0 atom stereocenters. The fraction of sp³-hybridized carbons (Fsp3) is 0.125. The van der Waals surface area contributed by atoms with Crippen molar-refractivity contribution in [3.05, 3.63) is 58.1 Å². The summed E-state index contributed by atoms with van der Waals surface area (Å²) in [5, 5.41) is 23.0. The quantitative estimate of drug-likeness (QED) is 0.690. The minimum atomic E-state index is -0.519. The summed E-state index contributed by atoms with van der Waals surface area (Å²) in [6, 6.07) is 13.0. The zero-order chi connectivity index (χ0) is 17.0. The van der Waals surface area contributed by atoms with Crippen molar-refractivity contribution in [2.24, 2.45) is 0 Å². The third kappa shape index (κ3) is 3.63. The first kappa shape index (κ1) is 16.0. The minimum Gasteiger partial charge on any atom is -0.350 e. The van der Waals surface area contributed by atoms with Crippen LogP contribution in [0.5, 0.6) is 0 Å². The molecule has 0 bridgehead atoms. The first-order valence-corrected chi connectivity index (χ1v) is 6.72. The normalized spacial score (nSPS) is 9.78. The number of hydrogen-bond donors (Lipinski definition) is 1. The van der Waals surface area contributed by atoms with Crippen molar-refractivity contribution in [2.45, 2.75) is 6.92 Å². The summed E-state index contributed by atoms with van der Waals surface area (Å²) in [5.41, 5.74) is 1.64. The molecule has 0 spiro atoms. The molecular weight excluding hydrogens is 296 g/mol. The molecule has 0 heterocycles. The third-order valence-electron chi connectivity index (χ3n) is 3.31. The number of nitro benzene ring substituents is 1. The molecule has 7 heteroatoms. The van der Waals surface area contributed by atoms with Gasteiger partial charge in [-0.05, 0) is 30.3 Å². The number of nitro groups is 1. The Hall–Kier alpha value is -3.40. The fourth-order valence-electron chi connectivity index (χ4n) is 1.99. The Balaban J connectivity index is 2.39. The number of carbonyl (C=O) groups is 1. The second kappa shape index (κ2) is 6.58. The lowest BCUT2D eigenvalue weighted by molar-refractivity contribution is -0.383. The van der Waals surface area contributed by atoms with Crippen LogP contribution in [0.25, 0.3) is 0 Å². The van der Waals surface area contributed by atoms with Crippen LogP contribution in [0.4, 0.5) is 22.7 Å². The zero-order valence-electron chi connectivity index (χ0n) is 12.6. The number of anilines is 3. The zero-order valence-corrected chi connectivity index (χ0v) is 12.6. The van der Waals surface area contributed by atoms with Crippen LogP contribution in [0, 0.1) is 21.4 Å². The Kier molecular flexibility index (Phi) is 4.57. The largest absolute Gasteiger partial charge is 0.350 e. The Morgan fingerprint density at radius 1 is 1.30 bits per heavy atom. The van der Waals surface area contributed by atoms with Crippen LogP contribution in [0.1, 0.15) is 12.5 Å². The summed E-state index contributed by atoms with van der Waals surface area (Å²) >= 11 is 0. The van der Waals surface area contributed by atoms with Crippen molar-refractivity contribution in [1.82, 2.24) is 0 Å². The van der Waals surface area contributed by atoms with Crippen molar-refractivity contribution in [3.63, 3.8) is 0 Å². The van der Waals surface area contributed by atoms with Gasteiger partial charge in [0.1, 0.15) is 5.69 Å². The van der Waals surface area contributed by atoms with E-state index in [9.17, 15) is 14.9 Å². The highest BCUT2D eigenvalue weighted by molar-refractivity contribution is 5.91. The van der Waals surface area contributed by atoms with Crippen molar-refractivity contribution < 1.29 is 9.72 Å². The van der Waals surface area contributed by atoms with Gasteiger partial charge in [-0.2, -0.15) is 5.26 Å². The second-order valence-electron chi connectivity index (χ2n) is 4.85. The summed E-state index contributed by atoms with van der Waals surface area (Å²) in [6.07, 6.45) is 0. The van der Waals surface area contributed by atoms with Gasteiger partial charge in [-0.1, -0.05) is 6.07 Å². The lowest BCUT2D eigenvalue weighted by Crippen LogP contribution is -2.22. The molecule has 2 aromatic rings. The maximum absolute atomic E-state index is 11.4. The van der Waals surface area contributed by atoms with E-state index >= 15 is 0 Å². The maximum atomic E-state index is 11.4. The van der Waals surface area contributed by atoms with Crippen LogP contribution in [0.15, 0.2) is 42.5 Å². The standard InChI is InChI=1S/C16H14N4O3/c1-11(21)19(2)14-5-3-4-13(9-14)18-15-8-12(10-17)6-7-16(15)20(22)23/h3-9,18H,1-2H3. The number of nitriles is 1. The summed E-state index contributed by atoms with van der Waals surface area (Å²) in [5.74, 6) is -0.125. The molecule has 116 valence electrons. The molecule has 0 aromatic heterocycles. The molecule has 1 amide bonds. The van der Waals surface area contributed by atoms with Crippen LogP contribution in [0.3, 0.4) is 0 Å². The van der Waals surface area contributed by atoms with E-state index in [1.54, 1.807) is 31.3 Å². The van der Waals surface area contributed by atoms with Crippen LogP contribution >= 0.6 is 0 Å². The van der Waals surface area contributed by atoms with Crippen molar-refractivity contribution in [1.29, 1.82) is 5.26 Å². The first-order valence-electron chi connectivity index (χ1n) is 6.72. The van der Waals surface area contributed by atoms with Gasteiger partial charge in [-0.3, -0.25) is 14.9 Å². The Morgan fingerprint density at radius 3 is 2.65 bits per heavy atom. The molecular formula is C16H14N4O3. The van der Waals surface area contributed by atoms with Gasteiger partial charge in [0.2, 0.25) is 5.91 Å². The molecule has 2 rings (SSSR count). The molecule has 23 heavy (non-hydrogen) atoms. The highest BCUT2D eigenvalue weighted by atomic mass is 16.6. The smallest absolute Gasteiger partial charge is 0.292 e. The van der Waals surface area contributed by atoms with Gasteiger partial charge in [0.05, 0.1) is 16.6 Å². The SMILES string of the molecule is CC(=O)N(C)c1cccc(Nc2cc(C#N)ccc2[N+](=O)[O-])c1. The number of rotatable bonds is 4. The average Bonchev–Trinajstić information content (AvgIpc) is 2.53. The van der Waals surface area contributed by atoms with E-state index in [-0.39, 0.29) is 17.3 Å². The summed E-state index contributed by atoms with van der Waals surface area (Å²) < 4.78 is 0. The topological polar surface area (TPSA) is 99.3 Å². The molecule has 7 nitrogen and oxygen atoms in total. The molecule has 1 N–H and O–H groups in total. The van der Waals surface area contributed by atoms with Crippen LogP contribution in [-0.2, 0) is 4.79 Å². The number of amides is 1. The number of benzene rings is 2. The van der Waals surface area contributed by atoms with E-state index < -0.39 is 4.92 Å². The number of carbonyl (C=O) groups excluding carboxylic acids is 1. The fourth-order valence-corrected chi connectivity index (χ4v) is 1.99. The first-order chi connectivity index (χ1) is 10.9. The predicted octanol–water partition coefficient (Wildman–Crippen LogP) is 3.19. The van der Waals surface area contributed by atoms with E-state index in [4.69, 9.17) is 5.26 Å². The van der Waals surface area contributed by atoms with E-state index in [2.05, 4.69) is 5.32 Å². The molecule has 0 radical (unpaired) electrons. The molecule has 0 aliphatic heterocycles. The molecule has 0 saturated heterocycles. The minimum absolute atomic E-state index is 0.125. The van der Waals surface area contributed by atoms with Gasteiger partial charge in [-0.15, -0.1) is 0 Å². The van der Waals surface area contributed by atoms with Crippen LogP contribution in [0.2, 0.25) is 0 Å². The molecule has 2 aromatic carbocycles. The highest BCUT2D eigenvalue weighted by Gasteiger charge is 2.15. The molecule has 0 aliphatic carbocycles. The lowest BCUT2D eigenvalue weighted by Gasteiger charge is -2.16. The Labute approximate surface area is 132 Å². The maximum Gasteiger partial charge on any atom is 0.292 e. The molecule has 0 fully saturated rings. The Bertz CT molecular complexity index is 811. The third-order valence-corrected chi connectivity index (χ3v) is 3.31. The van der Waals surface area contributed by atoms with Crippen molar-refractivity contribution >= 4 is 28.7 Å². The van der Waals surface area contributed by atoms with Gasteiger partial charge >= 0.3 is 0 Å². The average molecular weight is 310 g/mol. The molecule has 0 saturated carbocycles. The highest BCUT2D eigenvalue weighted by Crippen LogP contribution is 2.30. The number of hydrogen-bond acceptors (Lipinski definition) is 5.